The van der Waals surface area contributed by atoms with Crippen LogP contribution in [0.2, 0.25) is 0 Å². The smallest absolute Gasteiger partial charge is 0.410 e. The highest BCUT2D eigenvalue weighted by Crippen LogP contribution is 2.26. The summed E-state index contributed by atoms with van der Waals surface area (Å²) >= 11 is 0. The standard InChI is InChI=1S/C23H28N2O5/c1-17(26)28-16-22-8-7-21(30-22)14-24-11-9-19(10-12-24)25-20(15-29-23(25)27)13-18-5-3-2-4-6-18/h2-8,19-20H,9-16H2,1H3. The van der Waals surface area contributed by atoms with E-state index < -0.39 is 0 Å². The Morgan fingerprint density at radius 3 is 2.57 bits per heavy atom. The first-order valence-corrected chi connectivity index (χ1v) is 10.5. The second-order valence-corrected chi connectivity index (χ2v) is 7.98. The third-order valence-electron chi connectivity index (χ3n) is 5.78. The summed E-state index contributed by atoms with van der Waals surface area (Å²) in [6.07, 6.45) is 2.48. The van der Waals surface area contributed by atoms with Gasteiger partial charge in [0.05, 0.1) is 12.6 Å². The van der Waals surface area contributed by atoms with Crippen LogP contribution >= 0.6 is 0 Å². The van der Waals surface area contributed by atoms with Crippen molar-refractivity contribution in [1.29, 1.82) is 0 Å². The van der Waals surface area contributed by atoms with Crippen LogP contribution in [-0.2, 0) is 33.8 Å². The van der Waals surface area contributed by atoms with Gasteiger partial charge in [0.1, 0.15) is 24.7 Å². The van der Waals surface area contributed by atoms with Crippen LogP contribution in [0, 0.1) is 0 Å². The molecule has 0 N–H and O–H groups in total. The topological polar surface area (TPSA) is 72.2 Å². The van der Waals surface area contributed by atoms with Gasteiger partial charge >= 0.3 is 12.1 Å². The highest BCUT2D eigenvalue weighted by molar-refractivity contribution is 5.70. The summed E-state index contributed by atoms with van der Waals surface area (Å²) in [6, 6.07) is 14.4. The molecule has 0 spiro atoms. The fraction of sp³-hybridized carbons (Fsp3) is 0.478. The number of likely N-dealkylation sites (tertiary alicyclic amines) is 1. The van der Waals surface area contributed by atoms with Gasteiger partial charge in [-0.2, -0.15) is 0 Å². The summed E-state index contributed by atoms with van der Waals surface area (Å²) in [6.45, 7) is 4.51. The molecule has 2 aromatic rings. The fourth-order valence-electron chi connectivity index (χ4n) is 4.30. The Labute approximate surface area is 176 Å². The lowest BCUT2D eigenvalue weighted by Crippen LogP contribution is -2.48. The van der Waals surface area contributed by atoms with E-state index in [4.69, 9.17) is 13.9 Å². The molecule has 30 heavy (non-hydrogen) atoms. The minimum atomic E-state index is -0.318. The number of carbonyl (C=O) groups is 2. The molecule has 0 radical (unpaired) electrons. The highest BCUT2D eigenvalue weighted by atomic mass is 16.6. The number of ether oxygens (including phenoxy) is 2. The van der Waals surface area contributed by atoms with Crippen LogP contribution in [0.1, 0.15) is 36.8 Å². The maximum absolute atomic E-state index is 12.4. The summed E-state index contributed by atoms with van der Waals surface area (Å²) in [5, 5.41) is 0. The highest BCUT2D eigenvalue weighted by Gasteiger charge is 2.39. The molecule has 1 atom stereocenters. The lowest BCUT2D eigenvalue weighted by Gasteiger charge is -2.37. The second-order valence-electron chi connectivity index (χ2n) is 7.98. The number of carbonyl (C=O) groups excluding carboxylic acids is 2. The van der Waals surface area contributed by atoms with Crippen LogP contribution in [-0.4, -0.2) is 53.6 Å². The summed E-state index contributed by atoms with van der Waals surface area (Å²) in [5.74, 6) is 1.19. The number of benzene rings is 1. The number of rotatable bonds is 7. The van der Waals surface area contributed by atoms with Crippen LogP contribution in [0.5, 0.6) is 0 Å². The zero-order valence-electron chi connectivity index (χ0n) is 17.3. The van der Waals surface area contributed by atoms with Gasteiger partial charge in [-0.3, -0.25) is 14.6 Å². The molecule has 4 rings (SSSR count). The largest absolute Gasteiger partial charge is 0.461 e. The van der Waals surface area contributed by atoms with E-state index in [1.165, 1.54) is 12.5 Å². The first kappa shape index (κ1) is 20.5. The van der Waals surface area contributed by atoms with E-state index in [2.05, 4.69) is 17.0 Å². The van der Waals surface area contributed by atoms with E-state index in [1.807, 2.05) is 35.2 Å². The lowest BCUT2D eigenvalue weighted by atomic mass is 9.99. The van der Waals surface area contributed by atoms with Gasteiger partial charge in [-0.05, 0) is 37.0 Å². The van der Waals surface area contributed by atoms with E-state index in [0.717, 1.165) is 38.1 Å². The summed E-state index contributed by atoms with van der Waals surface area (Å²) in [7, 11) is 0. The molecular formula is C23H28N2O5. The average Bonchev–Trinajstić information content (AvgIpc) is 3.34. The summed E-state index contributed by atoms with van der Waals surface area (Å²) in [5.41, 5.74) is 1.23. The number of amides is 1. The Hall–Kier alpha value is -2.80. The third kappa shape index (κ3) is 5.02. The zero-order chi connectivity index (χ0) is 20.9. The van der Waals surface area contributed by atoms with Crippen LogP contribution in [0.15, 0.2) is 46.9 Å². The molecule has 2 aliphatic heterocycles. The molecule has 0 saturated carbocycles. The van der Waals surface area contributed by atoms with E-state index in [-0.39, 0.29) is 30.8 Å². The number of nitrogens with zero attached hydrogens (tertiary/aromatic N) is 2. The molecule has 0 bridgehead atoms. The first-order chi connectivity index (χ1) is 14.6. The second kappa shape index (κ2) is 9.34. The number of hydrogen-bond donors (Lipinski definition) is 0. The maximum atomic E-state index is 12.4. The number of hydrogen-bond acceptors (Lipinski definition) is 6. The monoisotopic (exact) mass is 412 g/mol. The molecule has 7 nitrogen and oxygen atoms in total. The van der Waals surface area contributed by atoms with Crippen molar-refractivity contribution in [3.05, 3.63) is 59.5 Å². The normalized spacial score (nSPS) is 20.4. The molecule has 7 heteroatoms. The van der Waals surface area contributed by atoms with Crippen molar-refractivity contribution in [2.24, 2.45) is 0 Å². The zero-order valence-corrected chi connectivity index (χ0v) is 17.3. The van der Waals surface area contributed by atoms with E-state index >= 15 is 0 Å². The van der Waals surface area contributed by atoms with Gasteiger partial charge in [-0.1, -0.05) is 30.3 Å². The van der Waals surface area contributed by atoms with E-state index in [9.17, 15) is 9.59 Å². The quantitative estimate of drug-likeness (QED) is 0.650. The summed E-state index contributed by atoms with van der Waals surface area (Å²) in [4.78, 5) is 27.6. The Morgan fingerprint density at radius 1 is 1.10 bits per heavy atom. The minimum absolute atomic E-state index is 0.102. The molecule has 2 aliphatic rings. The SMILES string of the molecule is CC(=O)OCc1ccc(CN2CCC(N3C(=O)OCC3Cc3ccccc3)CC2)o1. The maximum Gasteiger partial charge on any atom is 0.410 e. The van der Waals surface area contributed by atoms with Crippen LogP contribution in [0.4, 0.5) is 4.79 Å². The number of esters is 1. The first-order valence-electron chi connectivity index (χ1n) is 10.5. The van der Waals surface area contributed by atoms with Crippen LogP contribution in [0.25, 0.3) is 0 Å². The van der Waals surface area contributed by atoms with E-state index in [0.29, 0.717) is 18.9 Å². The lowest BCUT2D eigenvalue weighted by molar-refractivity contribution is -0.142. The van der Waals surface area contributed by atoms with E-state index in [1.54, 1.807) is 0 Å². The molecule has 0 aliphatic carbocycles. The molecule has 1 aromatic heterocycles. The molecule has 2 saturated heterocycles. The van der Waals surface area contributed by atoms with Gasteiger partial charge in [0.15, 0.2) is 0 Å². The third-order valence-corrected chi connectivity index (χ3v) is 5.78. The van der Waals surface area contributed by atoms with Gasteiger partial charge in [0, 0.05) is 26.1 Å². The van der Waals surface area contributed by atoms with Gasteiger partial charge in [0.25, 0.3) is 0 Å². The summed E-state index contributed by atoms with van der Waals surface area (Å²) < 4.78 is 16.1. The Balaban J connectivity index is 1.29. The van der Waals surface area contributed by atoms with Crippen molar-refractivity contribution >= 4 is 12.1 Å². The molecule has 2 fully saturated rings. The molecule has 1 amide bonds. The predicted octanol–water partition coefficient (Wildman–Crippen LogP) is 3.37. The van der Waals surface area contributed by atoms with Crippen molar-refractivity contribution in [3.63, 3.8) is 0 Å². The van der Waals surface area contributed by atoms with Crippen molar-refractivity contribution in [2.75, 3.05) is 19.7 Å². The van der Waals surface area contributed by atoms with Gasteiger partial charge < -0.3 is 13.9 Å². The Morgan fingerprint density at radius 2 is 1.83 bits per heavy atom. The van der Waals surface area contributed by atoms with Crippen LogP contribution in [0.3, 0.4) is 0 Å². The average molecular weight is 412 g/mol. The Bertz CT molecular complexity index is 857. The van der Waals surface area contributed by atoms with Crippen LogP contribution < -0.4 is 0 Å². The minimum Gasteiger partial charge on any atom is -0.461 e. The number of furan rings is 1. The van der Waals surface area contributed by atoms with Crippen molar-refractivity contribution in [3.8, 4) is 0 Å². The Kier molecular flexibility index (Phi) is 6.38. The number of cyclic esters (lactones) is 1. The van der Waals surface area contributed by atoms with Crippen molar-refractivity contribution in [1.82, 2.24) is 9.80 Å². The fourth-order valence-corrected chi connectivity index (χ4v) is 4.30. The number of piperidine rings is 1. The van der Waals surface area contributed by atoms with Gasteiger partial charge in [-0.15, -0.1) is 0 Å². The van der Waals surface area contributed by atoms with Gasteiger partial charge in [0.2, 0.25) is 0 Å². The molecule has 1 aromatic carbocycles. The van der Waals surface area contributed by atoms with Crippen molar-refractivity contribution < 1.29 is 23.5 Å². The molecular weight excluding hydrogens is 384 g/mol. The van der Waals surface area contributed by atoms with Crippen molar-refractivity contribution in [2.45, 2.75) is 51.4 Å². The molecule has 1 unspecified atom stereocenters. The predicted molar refractivity (Wildman–Crippen MR) is 110 cm³/mol. The molecule has 3 heterocycles. The molecule has 160 valence electrons. The van der Waals surface area contributed by atoms with Gasteiger partial charge in [-0.25, -0.2) is 4.79 Å².